The third kappa shape index (κ3) is 4.50. The average Bonchev–Trinajstić information content (AvgIpc) is 2.95. The van der Waals surface area contributed by atoms with Crippen LogP contribution in [0.1, 0.15) is 22.6 Å². The van der Waals surface area contributed by atoms with Crippen LogP contribution in [-0.2, 0) is 6.54 Å². The molecule has 0 amide bonds. The monoisotopic (exact) mass is 341 g/mol. The number of benzene rings is 1. The third-order valence-electron chi connectivity index (χ3n) is 4.83. The molecule has 134 valence electrons. The van der Waals surface area contributed by atoms with Crippen LogP contribution in [0, 0.1) is 13.8 Å². The minimum Gasteiger partial charge on any atom is -0.496 e. The first kappa shape index (κ1) is 17.7. The summed E-state index contributed by atoms with van der Waals surface area (Å²) >= 11 is 0. The molecule has 0 atom stereocenters. The number of nitrogens with zero attached hydrogens (tertiary/aromatic N) is 3. The molecule has 1 aromatic heterocycles. The summed E-state index contributed by atoms with van der Waals surface area (Å²) < 4.78 is 10.7. The van der Waals surface area contributed by atoms with Crippen molar-refractivity contribution in [3.05, 3.63) is 52.9 Å². The smallest absolute Gasteiger partial charge is 0.138 e. The van der Waals surface area contributed by atoms with Gasteiger partial charge in [-0.05, 0) is 19.9 Å². The summed E-state index contributed by atoms with van der Waals surface area (Å²) in [4.78, 5) is 4.96. The van der Waals surface area contributed by atoms with E-state index < -0.39 is 0 Å². The van der Waals surface area contributed by atoms with E-state index >= 15 is 0 Å². The molecule has 1 aliphatic rings. The number of ether oxygens (including phenoxy) is 1. The average molecular weight is 341 g/mol. The van der Waals surface area contributed by atoms with Crippen LogP contribution in [0.3, 0.4) is 0 Å². The van der Waals surface area contributed by atoms with Crippen LogP contribution in [-0.4, -0.2) is 54.8 Å². The van der Waals surface area contributed by atoms with Crippen molar-refractivity contribution >= 4 is 6.08 Å². The molecule has 3 rings (SSSR count). The summed E-state index contributed by atoms with van der Waals surface area (Å²) in [5.74, 6) is 1.86. The van der Waals surface area contributed by atoms with Crippen molar-refractivity contribution in [1.29, 1.82) is 0 Å². The molecule has 1 fully saturated rings. The second-order valence-electron chi connectivity index (χ2n) is 6.52. The number of methoxy groups -OCH3 is 1. The van der Waals surface area contributed by atoms with Crippen molar-refractivity contribution in [1.82, 2.24) is 15.0 Å². The summed E-state index contributed by atoms with van der Waals surface area (Å²) in [6.45, 7) is 10.2. The molecule has 1 aromatic carbocycles. The lowest BCUT2D eigenvalue weighted by atomic mass is 10.1. The highest BCUT2D eigenvalue weighted by Crippen LogP contribution is 2.19. The molecule has 0 N–H and O–H groups in total. The Morgan fingerprint density at radius 3 is 2.52 bits per heavy atom. The van der Waals surface area contributed by atoms with Crippen LogP contribution in [0.2, 0.25) is 0 Å². The Kier molecular flexibility index (Phi) is 5.89. The van der Waals surface area contributed by atoms with Gasteiger partial charge in [-0.15, -0.1) is 0 Å². The highest BCUT2D eigenvalue weighted by Gasteiger charge is 2.19. The molecule has 0 saturated carbocycles. The summed E-state index contributed by atoms with van der Waals surface area (Å²) in [7, 11) is 1.71. The van der Waals surface area contributed by atoms with Gasteiger partial charge in [0.2, 0.25) is 0 Å². The number of aryl methyl sites for hydroxylation is 2. The largest absolute Gasteiger partial charge is 0.496 e. The van der Waals surface area contributed by atoms with Gasteiger partial charge in [-0.3, -0.25) is 9.80 Å². The zero-order valence-corrected chi connectivity index (χ0v) is 15.4. The van der Waals surface area contributed by atoms with Crippen LogP contribution < -0.4 is 4.74 Å². The van der Waals surface area contributed by atoms with E-state index in [2.05, 4.69) is 33.2 Å². The van der Waals surface area contributed by atoms with Crippen molar-refractivity contribution in [2.75, 3.05) is 39.8 Å². The van der Waals surface area contributed by atoms with E-state index in [0.29, 0.717) is 0 Å². The number of para-hydroxylation sites is 1. The molecule has 5 heteroatoms. The van der Waals surface area contributed by atoms with Gasteiger partial charge < -0.3 is 9.26 Å². The van der Waals surface area contributed by atoms with E-state index in [0.717, 1.165) is 62.0 Å². The van der Waals surface area contributed by atoms with Gasteiger partial charge in [-0.1, -0.05) is 35.5 Å². The molecule has 0 spiro atoms. The predicted molar refractivity (Wildman–Crippen MR) is 99.7 cm³/mol. The fourth-order valence-corrected chi connectivity index (χ4v) is 3.21. The van der Waals surface area contributed by atoms with Gasteiger partial charge in [-0.25, -0.2) is 0 Å². The SMILES string of the molecule is COc1ccccc1/C=C/CN1CCN(Cc2c(C)noc2C)CC1. The standard InChI is InChI=1S/C20H27N3O2/c1-16-19(17(2)25-21-16)15-23-13-11-22(12-14-23)10-6-8-18-7-4-5-9-20(18)24-3/h4-9H,10-15H2,1-3H3/b8-6+. The molecular formula is C20H27N3O2. The van der Waals surface area contributed by atoms with Gasteiger partial charge >= 0.3 is 0 Å². The van der Waals surface area contributed by atoms with E-state index in [1.165, 1.54) is 5.56 Å². The Morgan fingerprint density at radius 2 is 1.84 bits per heavy atom. The molecule has 1 aliphatic heterocycles. The summed E-state index contributed by atoms with van der Waals surface area (Å²) in [6.07, 6.45) is 4.37. The Hall–Kier alpha value is -2.11. The van der Waals surface area contributed by atoms with Gasteiger partial charge in [0.25, 0.3) is 0 Å². The van der Waals surface area contributed by atoms with Gasteiger partial charge in [0.1, 0.15) is 11.5 Å². The van der Waals surface area contributed by atoms with E-state index in [1.54, 1.807) is 7.11 Å². The fraction of sp³-hybridized carbons (Fsp3) is 0.450. The minimum absolute atomic E-state index is 0.919. The van der Waals surface area contributed by atoms with Crippen LogP contribution >= 0.6 is 0 Å². The van der Waals surface area contributed by atoms with E-state index in [1.807, 2.05) is 32.0 Å². The normalized spacial score (nSPS) is 16.6. The zero-order valence-electron chi connectivity index (χ0n) is 15.4. The lowest BCUT2D eigenvalue weighted by Crippen LogP contribution is -2.45. The van der Waals surface area contributed by atoms with Gasteiger partial charge in [-0.2, -0.15) is 0 Å². The van der Waals surface area contributed by atoms with Gasteiger partial charge in [0.15, 0.2) is 0 Å². The topological polar surface area (TPSA) is 41.7 Å². The fourth-order valence-electron chi connectivity index (χ4n) is 3.21. The third-order valence-corrected chi connectivity index (χ3v) is 4.83. The molecule has 25 heavy (non-hydrogen) atoms. The second-order valence-corrected chi connectivity index (χ2v) is 6.52. The van der Waals surface area contributed by atoms with Crippen LogP contribution in [0.25, 0.3) is 6.08 Å². The number of aromatic nitrogens is 1. The highest BCUT2D eigenvalue weighted by molar-refractivity contribution is 5.57. The maximum atomic E-state index is 5.39. The zero-order chi connectivity index (χ0) is 17.6. The number of hydrogen-bond acceptors (Lipinski definition) is 5. The Morgan fingerprint density at radius 1 is 1.12 bits per heavy atom. The minimum atomic E-state index is 0.919. The van der Waals surface area contributed by atoms with E-state index in [-0.39, 0.29) is 0 Å². The van der Waals surface area contributed by atoms with Crippen molar-refractivity contribution in [3.8, 4) is 5.75 Å². The first-order valence-corrected chi connectivity index (χ1v) is 8.83. The maximum absolute atomic E-state index is 5.39. The predicted octanol–water partition coefficient (Wildman–Crippen LogP) is 3.13. The van der Waals surface area contributed by atoms with Crippen molar-refractivity contribution in [3.63, 3.8) is 0 Å². The Bertz CT molecular complexity index is 696. The molecule has 0 unspecified atom stereocenters. The maximum Gasteiger partial charge on any atom is 0.138 e. The van der Waals surface area contributed by atoms with Crippen LogP contribution in [0.4, 0.5) is 0 Å². The molecule has 0 radical (unpaired) electrons. The molecule has 0 aliphatic carbocycles. The molecule has 2 aromatic rings. The Labute approximate surface area is 149 Å². The number of piperazine rings is 1. The summed E-state index contributed by atoms with van der Waals surface area (Å²) in [5.41, 5.74) is 3.38. The molecule has 0 bridgehead atoms. The van der Waals surface area contributed by atoms with E-state index in [4.69, 9.17) is 9.26 Å². The first-order valence-electron chi connectivity index (χ1n) is 8.83. The summed E-state index contributed by atoms with van der Waals surface area (Å²) in [6, 6.07) is 8.11. The van der Waals surface area contributed by atoms with Crippen molar-refractivity contribution < 1.29 is 9.26 Å². The van der Waals surface area contributed by atoms with Crippen LogP contribution in [0.5, 0.6) is 5.75 Å². The first-order chi connectivity index (χ1) is 12.2. The lowest BCUT2D eigenvalue weighted by Gasteiger charge is -2.34. The lowest BCUT2D eigenvalue weighted by molar-refractivity contribution is 0.136. The van der Waals surface area contributed by atoms with Gasteiger partial charge in [0.05, 0.1) is 12.8 Å². The van der Waals surface area contributed by atoms with Crippen LogP contribution in [0.15, 0.2) is 34.9 Å². The van der Waals surface area contributed by atoms with Crippen molar-refractivity contribution in [2.45, 2.75) is 20.4 Å². The van der Waals surface area contributed by atoms with Crippen molar-refractivity contribution in [2.24, 2.45) is 0 Å². The summed E-state index contributed by atoms with van der Waals surface area (Å²) in [5, 5.41) is 4.05. The number of hydrogen-bond donors (Lipinski definition) is 0. The second kappa shape index (κ2) is 8.32. The molecular weight excluding hydrogens is 314 g/mol. The highest BCUT2D eigenvalue weighted by atomic mass is 16.5. The van der Waals surface area contributed by atoms with Gasteiger partial charge in [0, 0.05) is 50.4 Å². The Balaban J connectivity index is 1.47. The molecule has 2 heterocycles. The number of rotatable bonds is 6. The molecule has 1 saturated heterocycles. The molecule has 5 nitrogen and oxygen atoms in total. The quantitative estimate of drug-likeness (QED) is 0.807. The van der Waals surface area contributed by atoms with E-state index in [9.17, 15) is 0 Å².